The molecule has 0 radical (unpaired) electrons. The van der Waals surface area contributed by atoms with Crippen molar-refractivity contribution in [3.05, 3.63) is 35.9 Å². The molecule has 1 spiro atoms. The number of rotatable bonds is 6. The smallest absolute Gasteiger partial charge is 0.310 e. The van der Waals surface area contributed by atoms with Crippen LogP contribution in [0.5, 0.6) is 0 Å². The van der Waals surface area contributed by atoms with Crippen LogP contribution in [0.2, 0.25) is 0 Å². The van der Waals surface area contributed by atoms with E-state index < -0.39 is 6.10 Å². The Kier molecular flexibility index (Phi) is 5.43. The van der Waals surface area contributed by atoms with Crippen molar-refractivity contribution >= 4 is 5.97 Å². The Hall–Kier alpha value is -1.43. The molecular formula is C26H37NO4. The van der Waals surface area contributed by atoms with Gasteiger partial charge in [0.25, 0.3) is 0 Å². The van der Waals surface area contributed by atoms with Gasteiger partial charge in [-0.15, -0.1) is 0 Å². The number of hydrogen-bond acceptors (Lipinski definition) is 5. The Labute approximate surface area is 186 Å². The van der Waals surface area contributed by atoms with Crippen LogP contribution in [0.3, 0.4) is 0 Å². The molecule has 5 rings (SSSR count). The zero-order chi connectivity index (χ0) is 21.8. The summed E-state index contributed by atoms with van der Waals surface area (Å²) in [6, 6.07) is 9.83. The van der Waals surface area contributed by atoms with Crippen LogP contribution in [0.1, 0.15) is 57.6 Å². The topological polar surface area (TPSA) is 62.3 Å². The van der Waals surface area contributed by atoms with E-state index >= 15 is 0 Å². The molecule has 2 aliphatic carbocycles. The minimum absolute atomic E-state index is 0.0221. The molecule has 31 heavy (non-hydrogen) atoms. The first kappa shape index (κ1) is 21.4. The summed E-state index contributed by atoms with van der Waals surface area (Å²) in [4.78, 5) is 15.1. The van der Waals surface area contributed by atoms with Crippen molar-refractivity contribution in [3.8, 4) is 0 Å². The molecule has 5 heteroatoms. The summed E-state index contributed by atoms with van der Waals surface area (Å²) in [6.07, 6.45) is 5.23. The zero-order valence-electron chi connectivity index (χ0n) is 19.1. The number of esters is 1. The lowest BCUT2D eigenvalue weighted by Crippen LogP contribution is -2.51. The van der Waals surface area contributed by atoms with Crippen LogP contribution in [0.4, 0.5) is 0 Å². The Bertz CT molecular complexity index is 809. The number of aliphatic hydroxyl groups is 1. The van der Waals surface area contributed by atoms with Gasteiger partial charge in [-0.25, -0.2) is 0 Å². The number of hydrogen-bond donors (Lipinski definition) is 1. The number of epoxide rings is 1. The van der Waals surface area contributed by atoms with Gasteiger partial charge in [0, 0.05) is 19.0 Å². The molecule has 0 amide bonds. The normalized spacial score (nSPS) is 40.9. The first-order chi connectivity index (χ1) is 14.8. The average Bonchev–Trinajstić information content (AvgIpc) is 3.45. The molecule has 1 N–H and O–H groups in total. The van der Waals surface area contributed by atoms with Crippen molar-refractivity contribution in [2.24, 2.45) is 29.1 Å². The van der Waals surface area contributed by atoms with Gasteiger partial charge >= 0.3 is 5.97 Å². The quantitative estimate of drug-likeness (QED) is 0.552. The summed E-state index contributed by atoms with van der Waals surface area (Å²) in [5.74, 6) is 0.832. The van der Waals surface area contributed by atoms with Gasteiger partial charge in [-0.2, -0.15) is 0 Å². The predicted molar refractivity (Wildman–Crippen MR) is 118 cm³/mol. The van der Waals surface area contributed by atoms with Gasteiger partial charge in [-0.05, 0) is 62.0 Å². The van der Waals surface area contributed by atoms with Crippen LogP contribution in [0.25, 0.3) is 0 Å². The van der Waals surface area contributed by atoms with Gasteiger partial charge in [0.05, 0.1) is 24.2 Å². The molecular weight excluding hydrogens is 390 g/mol. The molecule has 2 saturated heterocycles. The van der Waals surface area contributed by atoms with E-state index in [0.29, 0.717) is 18.4 Å². The minimum atomic E-state index is -0.503. The third-order valence-corrected chi connectivity index (χ3v) is 8.87. The van der Waals surface area contributed by atoms with Crippen LogP contribution < -0.4 is 0 Å². The number of carbonyl (C=O) groups is 1. The lowest BCUT2D eigenvalue weighted by molar-refractivity contribution is -0.147. The molecule has 170 valence electrons. The first-order valence-corrected chi connectivity index (χ1v) is 12.1. The Balaban J connectivity index is 1.24. The lowest BCUT2D eigenvalue weighted by atomic mass is 9.53. The summed E-state index contributed by atoms with van der Waals surface area (Å²) in [5.41, 5.74) is 1.28. The molecule has 1 aromatic carbocycles. The molecule has 0 bridgehead atoms. The molecule has 4 aliphatic rings. The van der Waals surface area contributed by atoms with E-state index in [4.69, 9.17) is 9.47 Å². The Morgan fingerprint density at radius 2 is 2.00 bits per heavy atom. The number of carbonyl (C=O) groups excluding carboxylic acids is 1. The van der Waals surface area contributed by atoms with Crippen LogP contribution in [-0.4, -0.2) is 54.4 Å². The highest BCUT2D eigenvalue weighted by Gasteiger charge is 2.65. The maximum atomic E-state index is 12.9. The Morgan fingerprint density at radius 3 is 2.71 bits per heavy atom. The van der Waals surface area contributed by atoms with Crippen molar-refractivity contribution < 1.29 is 19.4 Å². The van der Waals surface area contributed by atoms with Crippen molar-refractivity contribution in [2.75, 3.05) is 26.7 Å². The molecule has 5 nitrogen and oxygen atoms in total. The van der Waals surface area contributed by atoms with Crippen molar-refractivity contribution in [1.82, 2.24) is 4.90 Å². The molecule has 4 fully saturated rings. The van der Waals surface area contributed by atoms with Crippen molar-refractivity contribution in [1.29, 1.82) is 0 Å². The number of benzene rings is 1. The fourth-order valence-electron chi connectivity index (χ4n) is 7.15. The molecule has 2 saturated carbocycles. The lowest BCUT2D eigenvalue weighted by Gasteiger charge is -2.51. The summed E-state index contributed by atoms with van der Waals surface area (Å²) in [7, 11) is 2.06. The van der Waals surface area contributed by atoms with Gasteiger partial charge in [0.2, 0.25) is 0 Å². The van der Waals surface area contributed by atoms with E-state index in [2.05, 4.69) is 25.8 Å². The number of aliphatic hydroxyl groups excluding tert-OH is 1. The monoisotopic (exact) mass is 427 g/mol. The highest BCUT2D eigenvalue weighted by Crippen LogP contribution is 2.62. The average molecular weight is 428 g/mol. The summed E-state index contributed by atoms with van der Waals surface area (Å²) >= 11 is 0. The minimum Gasteiger partial charge on any atom is -0.462 e. The van der Waals surface area contributed by atoms with Gasteiger partial charge in [0.15, 0.2) is 0 Å². The second-order valence-electron chi connectivity index (χ2n) is 11.2. The predicted octanol–water partition coefficient (Wildman–Crippen LogP) is 3.81. The van der Waals surface area contributed by atoms with Crippen LogP contribution >= 0.6 is 0 Å². The highest BCUT2D eigenvalue weighted by molar-refractivity contribution is 5.75. The summed E-state index contributed by atoms with van der Waals surface area (Å²) in [5, 5.41) is 10.7. The largest absolute Gasteiger partial charge is 0.462 e. The standard InChI is InChI=1S/C26H37NO4/c1-17(23(28)18-8-5-4-6-9-18)14-27(3)15-20-19-12-22-25(2,13-21(19)31-24(20)29)10-7-11-26(22)16-30-26/h4-6,8-9,17,19-23,28H,7,10-16H2,1-3H3/t17-,19-,20+,21-,22-,23-,25-,26+/m1/s1. The van der Waals surface area contributed by atoms with E-state index in [9.17, 15) is 9.90 Å². The maximum absolute atomic E-state index is 12.9. The van der Waals surface area contributed by atoms with E-state index in [-0.39, 0.29) is 34.9 Å². The SMILES string of the molecule is C[C@H](CN(C)C[C@@H]1C(=O)O[C@@H]2C[C@@]3(C)CCC[C@]4(CO4)[C@@H]3C[C@H]12)[C@@H](O)c1ccccc1. The maximum Gasteiger partial charge on any atom is 0.310 e. The van der Waals surface area contributed by atoms with Crippen molar-refractivity contribution in [2.45, 2.75) is 63.8 Å². The van der Waals surface area contributed by atoms with Crippen molar-refractivity contribution in [3.63, 3.8) is 0 Å². The molecule has 2 heterocycles. The van der Waals surface area contributed by atoms with Crippen LogP contribution in [0.15, 0.2) is 30.3 Å². The van der Waals surface area contributed by atoms with Gasteiger partial charge < -0.3 is 19.5 Å². The molecule has 8 atom stereocenters. The van der Waals surface area contributed by atoms with Gasteiger partial charge in [0.1, 0.15) is 6.10 Å². The summed E-state index contributed by atoms with van der Waals surface area (Å²) in [6.45, 7) is 6.82. The molecule has 2 aliphatic heterocycles. The molecule has 0 unspecified atom stereocenters. The Morgan fingerprint density at radius 1 is 1.26 bits per heavy atom. The third kappa shape index (κ3) is 3.83. The molecule has 1 aromatic rings. The van der Waals surface area contributed by atoms with E-state index in [1.54, 1.807) is 0 Å². The second-order valence-corrected chi connectivity index (χ2v) is 11.2. The van der Waals surface area contributed by atoms with E-state index in [0.717, 1.165) is 31.6 Å². The van der Waals surface area contributed by atoms with E-state index in [1.165, 1.54) is 19.3 Å². The zero-order valence-corrected chi connectivity index (χ0v) is 19.1. The van der Waals surface area contributed by atoms with Crippen LogP contribution in [0, 0.1) is 29.1 Å². The highest BCUT2D eigenvalue weighted by atomic mass is 16.6. The van der Waals surface area contributed by atoms with Gasteiger partial charge in [-0.1, -0.05) is 44.2 Å². The first-order valence-electron chi connectivity index (χ1n) is 12.1. The fraction of sp³-hybridized carbons (Fsp3) is 0.731. The fourth-order valence-corrected chi connectivity index (χ4v) is 7.15. The second kappa shape index (κ2) is 7.86. The number of nitrogens with zero attached hydrogens (tertiary/aromatic N) is 1. The molecule has 0 aromatic heterocycles. The van der Waals surface area contributed by atoms with Gasteiger partial charge in [-0.3, -0.25) is 4.79 Å². The number of fused-ring (bicyclic) bond motifs is 3. The third-order valence-electron chi connectivity index (χ3n) is 8.87. The van der Waals surface area contributed by atoms with Crippen LogP contribution in [-0.2, 0) is 14.3 Å². The summed E-state index contributed by atoms with van der Waals surface area (Å²) < 4.78 is 12.0. The van der Waals surface area contributed by atoms with E-state index in [1.807, 2.05) is 30.3 Å². The number of ether oxygens (including phenoxy) is 2.